The van der Waals surface area contributed by atoms with Crippen molar-refractivity contribution >= 4 is 51.7 Å². The van der Waals surface area contributed by atoms with Gasteiger partial charge in [0.05, 0.1) is 5.52 Å². The molecule has 9 heteroatoms. The van der Waals surface area contributed by atoms with Crippen molar-refractivity contribution in [3.8, 4) is 0 Å². The number of fused-ring (bicyclic) bond motifs is 1. The van der Waals surface area contributed by atoms with Crippen molar-refractivity contribution in [3.05, 3.63) is 77.7 Å². The van der Waals surface area contributed by atoms with Crippen LogP contribution in [0.25, 0.3) is 10.9 Å². The van der Waals surface area contributed by atoms with Crippen LogP contribution in [0.15, 0.2) is 77.0 Å². The summed E-state index contributed by atoms with van der Waals surface area (Å²) in [6.45, 7) is 0. The molecule has 0 saturated heterocycles. The van der Waals surface area contributed by atoms with Crippen molar-refractivity contribution in [2.24, 2.45) is 0 Å². The van der Waals surface area contributed by atoms with Crippen LogP contribution in [0, 0.1) is 0 Å². The average Bonchev–Trinajstić information content (AvgIpc) is 2.74. The number of halogens is 1. The number of carbonyl (C=O) groups excluding carboxylic acids is 1. The van der Waals surface area contributed by atoms with Crippen molar-refractivity contribution in [2.75, 3.05) is 11.2 Å². The minimum absolute atomic E-state index is 0.297. The Labute approximate surface area is 175 Å². The smallest absolute Gasteiger partial charge is 0.269 e. The molecule has 0 unspecified atom stereocenters. The molecular formula is C20H15ClN6OS. The number of nitrogens with two attached hydrogens (primary N) is 1. The highest BCUT2D eigenvalue weighted by Gasteiger charge is 2.13. The summed E-state index contributed by atoms with van der Waals surface area (Å²) in [7, 11) is 0. The fraction of sp³-hybridized carbons (Fsp3) is 0. The maximum atomic E-state index is 12.3. The van der Waals surface area contributed by atoms with Gasteiger partial charge in [0.1, 0.15) is 17.0 Å². The quantitative estimate of drug-likeness (QED) is 0.327. The Bertz CT molecular complexity index is 1200. The van der Waals surface area contributed by atoms with Crippen molar-refractivity contribution in [1.29, 1.82) is 0 Å². The summed E-state index contributed by atoms with van der Waals surface area (Å²) in [4.78, 5) is 26.0. The first kappa shape index (κ1) is 19.0. The molecule has 0 radical (unpaired) electrons. The zero-order valence-corrected chi connectivity index (χ0v) is 16.5. The number of pyridine rings is 1. The van der Waals surface area contributed by atoms with Crippen LogP contribution in [0.1, 0.15) is 10.4 Å². The van der Waals surface area contributed by atoms with Gasteiger partial charge in [-0.3, -0.25) is 20.6 Å². The van der Waals surface area contributed by atoms with E-state index in [0.717, 1.165) is 15.8 Å². The van der Waals surface area contributed by atoms with Crippen molar-refractivity contribution < 1.29 is 4.79 Å². The lowest BCUT2D eigenvalue weighted by molar-refractivity contribution is 0.0962. The predicted octanol–water partition coefficient (Wildman–Crippen LogP) is 4.17. The molecule has 0 atom stereocenters. The SMILES string of the molecule is Nc1c(NNC(=O)c2cccc(Cl)c2)ncnc1Sc1cccc2cccnc12. The molecule has 7 nitrogen and oxygen atoms in total. The number of carbonyl (C=O) groups is 1. The van der Waals surface area contributed by atoms with Crippen LogP contribution in [0.2, 0.25) is 5.02 Å². The van der Waals surface area contributed by atoms with Crippen LogP contribution in [0.4, 0.5) is 11.5 Å². The number of hydrogen-bond acceptors (Lipinski definition) is 7. The van der Waals surface area contributed by atoms with E-state index in [2.05, 4.69) is 25.8 Å². The fourth-order valence-electron chi connectivity index (χ4n) is 2.64. The molecule has 2 aromatic heterocycles. The molecule has 0 spiro atoms. The molecular weight excluding hydrogens is 408 g/mol. The summed E-state index contributed by atoms with van der Waals surface area (Å²) in [5.74, 6) is -0.0657. The first-order valence-electron chi connectivity index (χ1n) is 8.56. The van der Waals surface area contributed by atoms with Gasteiger partial charge in [0.15, 0.2) is 5.82 Å². The molecule has 0 aliphatic rings. The van der Waals surface area contributed by atoms with Crippen molar-refractivity contribution in [3.63, 3.8) is 0 Å². The van der Waals surface area contributed by atoms with Crippen molar-refractivity contribution in [2.45, 2.75) is 9.92 Å². The Morgan fingerprint density at radius 1 is 1.03 bits per heavy atom. The minimum atomic E-state index is -0.363. The molecule has 144 valence electrons. The molecule has 2 aromatic carbocycles. The zero-order valence-electron chi connectivity index (χ0n) is 15.0. The van der Waals surface area contributed by atoms with Gasteiger partial charge in [0.2, 0.25) is 0 Å². The van der Waals surface area contributed by atoms with E-state index in [4.69, 9.17) is 17.3 Å². The summed E-state index contributed by atoms with van der Waals surface area (Å²) in [6, 6.07) is 16.4. The summed E-state index contributed by atoms with van der Waals surface area (Å²) in [6.07, 6.45) is 3.12. The van der Waals surface area contributed by atoms with Crippen molar-refractivity contribution in [1.82, 2.24) is 20.4 Å². The number of nitrogens with zero attached hydrogens (tertiary/aromatic N) is 3. The number of nitrogens with one attached hydrogen (secondary N) is 2. The summed E-state index contributed by atoms with van der Waals surface area (Å²) < 4.78 is 0. The van der Waals surface area contributed by atoms with Gasteiger partial charge in [-0.15, -0.1) is 0 Å². The molecule has 4 rings (SSSR count). The molecule has 0 bridgehead atoms. The highest BCUT2D eigenvalue weighted by Crippen LogP contribution is 2.35. The van der Waals surface area contributed by atoms with Gasteiger partial charge in [0, 0.05) is 27.1 Å². The zero-order chi connectivity index (χ0) is 20.2. The van der Waals surface area contributed by atoms with E-state index >= 15 is 0 Å². The second-order valence-corrected chi connectivity index (χ2v) is 7.43. The third-order valence-corrected chi connectivity index (χ3v) is 5.33. The van der Waals surface area contributed by atoms with Gasteiger partial charge in [0.25, 0.3) is 5.91 Å². The second kappa shape index (κ2) is 8.34. The molecule has 0 aliphatic heterocycles. The summed E-state index contributed by atoms with van der Waals surface area (Å²) >= 11 is 7.30. The Morgan fingerprint density at radius 3 is 2.72 bits per heavy atom. The number of amides is 1. The van der Waals surface area contributed by atoms with E-state index in [9.17, 15) is 4.79 Å². The Kier molecular flexibility index (Phi) is 5.46. The molecule has 1 amide bonds. The van der Waals surface area contributed by atoms with Gasteiger partial charge in [-0.05, 0) is 30.3 Å². The first-order chi connectivity index (χ1) is 14.1. The number of para-hydroxylation sites is 1. The van der Waals surface area contributed by atoms with E-state index in [1.807, 2.05) is 30.3 Å². The van der Waals surface area contributed by atoms with Gasteiger partial charge < -0.3 is 5.73 Å². The van der Waals surface area contributed by atoms with Crippen LogP contribution < -0.4 is 16.6 Å². The molecule has 4 aromatic rings. The maximum absolute atomic E-state index is 12.3. The number of rotatable bonds is 5. The van der Waals surface area contributed by atoms with Crippen LogP contribution in [0.5, 0.6) is 0 Å². The number of aromatic nitrogens is 3. The van der Waals surface area contributed by atoms with E-state index in [-0.39, 0.29) is 5.91 Å². The third kappa shape index (κ3) is 4.23. The average molecular weight is 423 g/mol. The minimum Gasteiger partial charge on any atom is -0.393 e. The van der Waals surface area contributed by atoms with Crippen LogP contribution in [-0.4, -0.2) is 20.9 Å². The molecule has 0 aliphatic carbocycles. The molecule has 4 N–H and O–H groups in total. The standard InChI is InChI=1S/C20H15ClN6OS/c21-14-7-1-5-13(10-14)19(28)27-26-18-16(22)20(25-11-24-18)29-15-8-2-4-12-6-3-9-23-17(12)15/h1-11H,22H2,(H,27,28)(H,24,25,26). The van der Waals surface area contributed by atoms with E-state index in [1.165, 1.54) is 18.1 Å². The lowest BCUT2D eigenvalue weighted by Crippen LogP contribution is -2.30. The topological polar surface area (TPSA) is 106 Å². The van der Waals surface area contributed by atoms with E-state index < -0.39 is 0 Å². The van der Waals surface area contributed by atoms with Gasteiger partial charge in [-0.2, -0.15) is 0 Å². The van der Waals surface area contributed by atoms with E-state index in [0.29, 0.717) is 27.1 Å². The lowest BCUT2D eigenvalue weighted by atomic mass is 10.2. The largest absolute Gasteiger partial charge is 0.393 e. The predicted molar refractivity (Wildman–Crippen MR) is 115 cm³/mol. The third-order valence-electron chi connectivity index (χ3n) is 4.03. The normalized spacial score (nSPS) is 10.7. The Balaban J connectivity index is 1.54. The summed E-state index contributed by atoms with van der Waals surface area (Å²) in [5.41, 5.74) is 13.1. The number of hydrogen-bond donors (Lipinski definition) is 3. The number of benzene rings is 2. The number of anilines is 2. The second-order valence-electron chi connectivity index (χ2n) is 5.96. The van der Waals surface area contributed by atoms with Gasteiger partial charge in [-0.1, -0.05) is 47.6 Å². The highest BCUT2D eigenvalue weighted by molar-refractivity contribution is 7.99. The molecule has 0 fully saturated rings. The van der Waals surface area contributed by atoms with Crippen LogP contribution in [-0.2, 0) is 0 Å². The molecule has 29 heavy (non-hydrogen) atoms. The van der Waals surface area contributed by atoms with Crippen LogP contribution >= 0.6 is 23.4 Å². The molecule has 2 heterocycles. The monoisotopic (exact) mass is 422 g/mol. The number of nitrogen functional groups attached to an aromatic ring is 1. The highest BCUT2D eigenvalue weighted by atomic mass is 35.5. The fourth-order valence-corrected chi connectivity index (χ4v) is 3.76. The summed E-state index contributed by atoms with van der Waals surface area (Å²) in [5, 5.41) is 2.05. The molecule has 0 saturated carbocycles. The Morgan fingerprint density at radius 2 is 1.86 bits per heavy atom. The number of hydrazine groups is 1. The van der Waals surface area contributed by atoms with Crippen LogP contribution in [0.3, 0.4) is 0 Å². The Hall–Kier alpha value is -3.36. The van der Waals surface area contributed by atoms with Gasteiger partial charge >= 0.3 is 0 Å². The first-order valence-corrected chi connectivity index (χ1v) is 9.75. The van der Waals surface area contributed by atoms with Gasteiger partial charge in [-0.25, -0.2) is 9.97 Å². The lowest BCUT2D eigenvalue weighted by Gasteiger charge is -2.12. The van der Waals surface area contributed by atoms with E-state index in [1.54, 1.807) is 30.5 Å². The maximum Gasteiger partial charge on any atom is 0.269 e.